The van der Waals surface area contributed by atoms with Crippen LogP contribution in [0.3, 0.4) is 0 Å². The van der Waals surface area contributed by atoms with Crippen LogP contribution in [0.1, 0.15) is 45.4 Å². The lowest BCUT2D eigenvalue weighted by atomic mass is 10.0. The fourth-order valence-electron chi connectivity index (χ4n) is 4.05. The van der Waals surface area contributed by atoms with Crippen LogP contribution in [0.5, 0.6) is 0 Å². The van der Waals surface area contributed by atoms with Crippen LogP contribution in [0.25, 0.3) is 0 Å². The van der Waals surface area contributed by atoms with Gasteiger partial charge >= 0.3 is 0 Å². The molecule has 2 aliphatic heterocycles. The van der Waals surface area contributed by atoms with E-state index in [1.807, 2.05) is 6.92 Å². The summed E-state index contributed by atoms with van der Waals surface area (Å²) in [6, 6.07) is 5.61. The number of likely N-dealkylation sites (tertiary alicyclic amines) is 1. The normalized spacial score (nSPS) is 22.5. The Morgan fingerprint density at radius 2 is 1.54 bits per heavy atom. The monoisotopic (exact) mass is 429 g/mol. The highest BCUT2D eigenvalue weighted by Crippen LogP contribution is 2.27. The van der Waals surface area contributed by atoms with Crippen LogP contribution in [0, 0.1) is 0 Å². The Hall–Kier alpha value is -1.00. The number of nitrogens with zero attached hydrogens (tertiary/aromatic N) is 2. The van der Waals surface area contributed by atoms with Gasteiger partial charge in [-0.25, -0.2) is 21.6 Å². The van der Waals surface area contributed by atoms with Gasteiger partial charge in [0.15, 0.2) is 0 Å². The van der Waals surface area contributed by atoms with E-state index in [-0.39, 0.29) is 15.8 Å². The molecule has 0 unspecified atom stereocenters. The first-order valence-corrected chi connectivity index (χ1v) is 13.1. The van der Waals surface area contributed by atoms with E-state index < -0.39 is 20.0 Å². The summed E-state index contributed by atoms with van der Waals surface area (Å²) >= 11 is 0. The first kappa shape index (κ1) is 21.7. The minimum atomic E-state index is -3.64. The molecule has 1 aromatic rings. The Balaban J connectivity index is 1.67. The summed E-state index contributed by atoms with van der Waals surface area (Å²) in [5.41, 5.74) is 0. The van der Waals surface area contributed by atoms with Gasteiger partial charge in [-0.2, -0.15) is 4.31 Å². The Morgan fingerprint density at radius 1 is 0.929 bits per heavy atom. The van der Waals surface area contributed by atoms with E-state index in [0.29, 0.717) is 19.6 Å². The van der Waals surface area contributed by atoms with Gasteiger partial charge in [-0.15, -0.1) is 0 Å². The van der Waals surface area contributed by atoms with Crippen LogP contribution in [0.2, 0.25) is 0 Å². The molecule has 2 saturated heterocycles. The Bertz CT molecular complexity index is 848. The molecule has 0 spiro atoms. The second-order valence-electron chi connectivity index (χ2n) is 7.59. The van der Waals surface area contributed by atoms with Crippen molar-refractivity contribution in [3.63, 3.8) is 0 Å². The summed E-state index contributed by atoms with van der Waals surface area (Å²) in [7, 11) is -7.24. The third-order valence-corrected chi connectivity index (χ3v) is 9.15. The maximum absolute atomic E-state index is 13.0. The molecule has 0 radical (unpaired) electrons. The van der Waals surface area contributed by atoms with Crippen LogP contribution < -0.4 is 4.72 Å². The average Bonchev–Trinajstić information content (AvgIpc) is 3.21. The van der Waals surface area contributed by atoms with Crippen molar-refractivity contribution in [2.45, 2.75) is 61.3 Å². The zero-order valence-electron chi connectivity index (χ0n) is 16.5. The molecule has 0 aliphatic carbocycles. The highest BCUT2D eigenvalue weighted by atomic mass is 32.2. The molecule has 7 nitrogen and oxygen atoms in total. The van der Waals surface area contributed by atoms with E-state index in [2.05, 4.69) is 9.62 Å². The lowest BCUT2D eigenvalue weighted by Gasteiger charge is -2.34. The molecule has 2 aliphatic rings. The molecule has 1 atom stereocenters. The summed E-state index contributed by atoms with van der Waals surface area (Å²) in [5.74, 6) is 0. The molecule has 9 heteroatoms. The van der Waals surface area contributed by atoms with Crippen LogP contribution in [-0.4, -0.2) is 64.8 Å². The number of piperidine rings is 1. The Kier molecular flexibility index (Phi) is 7.14. The minimum Gasteiger partial charge on any atom is -0.302 e. The third-order valence-electron chi connectivity index (χ3n) is 5.70. The molecular formula is C19H31N3O4S2. The van der Waals surface area contributed by atoms with Crippen LogP contribution >= 0.6 is 0 Å². The standard InChI is InChI=1S/C19H31N3O4S2/c1-2-17-7-3-4-15-22(17)28(25,26)19-10-8-18(9-11-19)27(23,24)20-12-16-21-13-5-6-14-21/h8-11,17,20H,2-7,12-16H2,1H3/t17-/m0/s1. The minimum absolute atomic E-state index is 0.0226. The van der Waals surface area contributed by atoms with Gasteiger partial charge in [0, 0.05) is 25.7 Å². The van der Waals surface area contributed by atoms with E-state index in [4.69, 9.17) is 0 Å². The second kappa shape index (κ2) is 9.21. The number of sulfonamides is 2. The largest absolute Gasteiger partial charge is 0.302 e. The summed E-state index contributed by atoms with van der Waals surface area (Å²) in [6.07, 6.45) is 5.90. The zero-order valence-corrected chi connectivity index (χ0v) is 18.1. The van der Waals surface area contributed by atoms with Crippen molar-refractivity contribution in [3.05, 3.63) is 24.3 Å². The van der Waals surface area contributed by atoms with Crippen molar-refractivity contribution in [3.8, 4) is 0 Å². The molecule has 1 N–H and O–H groups in total. The van der Waals surface area contributed by atoms with Crippen molar-refractivity contribution >= 4 is 20.0 Å². The third kappa shape index (κ3) is 4.94. The molecule has 28 heavy (non-hydrogen) atoms. The van der Waals surface area contributed by atoms with Gasteiger partial charge in [-0.05, 0) is 69.5 Å². The van der Waals surface area contributed by atoms with Crippen molar-refractivity contribution < 1.29 is 16.8 Å². The van der Waals surface area contributed by atoms with E-state index in [1.54, 1.807) is 4.31 Å². The molecule has 0 bridgehead atoms. The maximum atomic E-state index is 13.0. The molecule has 0 aromatic heterocycles. The maximum Gasteiger partial charge on any atom is 0.243 e. The van der Waals surface area contributed by atoms with Crippen molar-refractivity contribution in [2.75, 3.05) is 32.7 Å². The van der Waals surface area contributed by atoms with Crippen LogP contribution in [0.4, 0.5) is 0 Å². The molecular weight excluding hydrogens is 398 g/mol. The van der Waals surface area contributed by atoms with Gasteiger partial charge in [0.1, 0.15) is 0 Å². The molecule has 158 valence electrons. The van der Waals surface area contributed by atoms with Gasteiger partial charge < -0.3 is 4.90 Å². The van der Waals surface area contributed by atoms with Crippen molar-refractivity contribution in [1.82, 2.24) is 13.9 Å². The molecule has 2 fully saturated rings. The zero-order chi connectivity index (χ0) is 20.2. The lowest BCUT2D eigenvalue weighted by molar-refractivity contribution is 0.246. The fraction of sp³-hybridized carbons (Fsp3) is 0.684. The van der Waals surface area contributed by atoms with Gasteiger partial charge in [0.25, 0.3) is 0 Å². The quantitative estimate of drug-likeness (QED) is 0.683. The summed E-state index contributed by atoms with van der Waals surface area (Å²) in [4.78, 5) is 2.49. The smallest absolute Gasteiger partial charge is 0.243 e. The molecule has 0 amide bonds. The van der Waals surface area contributed by atoms with E-state index in [0.717, 1.165) is 38.8 Å². The van der Waals surface area contributed by atoms with Crippen LogP contribution in [0.15, 0.2) is 34.1 Å². The Labute approximate surface area is 169 Å². The number of nitrogens with one attached hydrogen (secondary N) is 1. The number of hydrogen-bond donors (Lipinski definition) is 1. The van der Waals surface area contributed by atoms with E-state index in [9.17, 15) is 16.8 Å². The van der Waals surface area contributed by atoms with Gasteiger partial charge in [-0.3, -0.25) is 0 Å². The topological polar surface area (TPSA) is 86.8 Å². The fourth-order valence-corrected chi connectivity index (χ4v) is 6.84. The molecule has 2 heterocycles. The van der Waals surface area contributed by atoms with Crippen molar-refractivity contribution in [1.29, 1.82) is 0 Å². The van der Waals surface area contributed by atoms with Gasteiger partial charge in [0.2, 0.25) is 20.0 Å². The summed E-state index contributed by atoms with van der Waals surface area (Å²) in [5, 5.41) is 0. The highest BCUT2D eigenvalue weighted by Gasteiger charge is 2.32. The highest BCUT2D eigenvalue weighted by molar-refractivity contribution is 7.89. The van der Waals surface area contributed by atoms with Gasteiger partial charge in [-0.1, -0.05) is 13.3 Å². The predicted molar refractivity (Wildman–Crippen MR) is 109 cm³/mol. The second-order valence-corrected chi connectivity index (χ2v) is 11.2. The SMILES string of the molecule is CC[C@H]1CCCCN1S(=O)(=O)c1ccc(S(=O)(=O)NCCN2CCCC2)cc1. The number of hydrogen-bond acceptors (Lipinski definition) is 5. The first-order valence-electron chi connectivity index (χ1n) is 10.2. The predicted octanol–water partition coefficient (Wildman–Crippen LogP) is 2.01. The number of rotatable bonds is 8. The lowest BCUT2D eigenvalue weighted by Crippen LogP contribution is -2.43. The molecule has 0 saturated carbocycles. The molecule has 1 aromatic carbocycles. The average molecular weight is 430 g/mol. The summed E-state index contributed by atoms with van der Waals surface area (Å²) in [6.45, 7) is 5.61. The van der Waals surface area contributed by atoms with Crippen LogP contribution in [-0.2, 0) is 20.0 Å². The van der Waals surface area contributed by atoms with E-state index >= 15 is 0 Å². The van der Waals surface area contributed by atoms with Crippen molar-refractivity contribution in [2.24, 2.45) is 0 Å². The Morgan fingerprint density at radius 3 is 2.18 bits per heavy atom. The van der Waals surface area contributed by atoms with E-state index in [1.165, 1.54) is 37.1 Å². The van der Waals surface area contributed by atoms with Gasteiger partial charge in [0.05, 0.1) is 9.79 Å². The number of benzene rings is 1. The molecule has 3 rings (SSSR count). The summed E-state index contributed by atoms with van der Waals surface area (Å²) < 4.78 is 55.1. The first-order chi connectivity index (χ1) is 13.3.